The highest BCUT2D eigenvalue weighted by Gasteiger charge is 2.15. The molecule has 1 aromatic heterocycles. The first-order chi connectivity index (χ1) is 10.7. The number of carbonyl (C=O) groups is 1. The van der Waals surface area contributed by atoms with Gasteiger partial charge in [0.1, 0.15) is 5.75 Å². The first kappa shape index (κ1) is 16.1. The number of ether oxygens (including phenoxy) is 1. The van der Waals surface area contributed by atoms with Crippen LogP contribution in [0.2, 0.25) is 0 Å². The van der Waals surface area contributed by atoms with E-state index in [2.05, 4.69) is 6.92 Å². The van der Waals surface area contributed by atoms with E-state index in [9.17, 15) is 4.79 Å². The topological polar surface area (TPSA) is 59.7 Å². The molecule has 2 rings (SSSR count). The van der Waals surface area contributed by atoms with Crippen LogP contribution in [0.15, 0.2) is 41.0 Å². The number of carboxylic acids is 1. The molecule has 0 unspecified atom stereocenters. The molecule has 2 aromatic rings. The average Bonchev–Trinajstić information content (AvgIpc) is 3.01. The summed E-state index contributed by atoms with van der Waals surface area (Å²) in [6, 6.07) is 9.11. The highest BCUT2D eigenvalue weighted by atomic mass is 16.5. The van der Waals surface area contributed by atoms with E-state index in [0.717, 1.165) is 17.7 Å². The van der Waals surface area contributed by atoms with Crippen LogP contribution in [0.25, 0.3) is 11.1 Å². The van der Waals surface area contributed by atoms with Crippen LogP contribution in [0.5, 0.6) is 5.75 Å². The number of aromatic carboxylic acids is 1. The number of unbranched alkanes of at least 4 members (excludes halogenated alkanes) is 4. The van der Waals surface area contributed by atoms with Crippen molar-refractivity contribution in [1.29, 1.82) is 0 Å². The van der Waals surface area contributed by atoms with Crippen LogP contribution in [0.1, 0.15) is 49.6 Å². The number of furan rings is 1. The lowest BCUT2D eigenvalue weighted by Gasteiger charge is -2.08. The first-order valence-corrected chi connectivity index (χ1v) is 7.76. The molecule has 0 saturated heterocycles. The molecule has 0 bridgehead atoms. The summed E-state index contributed by atoms with van der Waals surface area (Å²) < 4.78 is 10.8. The van der Waals surface area contributed by atoms with Crippen molar-refractivity contribution in [1.82, 2.24) is 0 Å². The summed E-state index contributed by atoms with van der Waals surface area (Å²) in [6.45, 7) is 2.88. The summed E-state index contributed by atoms with van der Waals surface area (Å²) in [6.07, 6.45) is 7.36. The van der Waals surface area contributed by atoms with E-state index in [1.54, 1.807) is 6.07 Å². The van der Waals surface area contributed by atoms with Gasteiger partial charge in [-0.15, -0.1) is 0 Å². The van der Waals surface area contributed by atoms with E-state index in [0.29, 0.717) is 12.2 Å². The lowest BCUT2D eigenvalue weighted by Crippen LogP contribution is -1.98. The smallest absolute Gasteiger partial charge is 0.372 e. The summed E-state index contributed by atoms with van der Waals surface area (Å²) in [5.41, 5.74) is 1.36. The molecule has 0 atom stereocenters. The third-order valence-electron chi connectivity index (χ3n) is 3.52. The van der Waals surface area contributed by atoms with E-state index in [-0.39, 0.29) is 5.76 Å². The van der Waals surface area contributed by atoms with E-state index in [1.807, 2.05) is 24.3 Å². The van der Waals surface area contributed by atoms with Gasteiger partial charge in [0, 0.05) is 5.56 Å². The third kappa shape index (κ3) is 4.38. The molecular weight excluding hydrogens is 280 g/mol. The fourth-order valence-corrected chi connectivity index (χ4v) is 2.35. The van der Waals surface area contributed by atoms with Gasteiger partial charge < -0.3 is 14.3 Å². The monoisotopic (exact) mass is 302 g/mol. The van der Waals surface area contributed by atoms with Crippen LogP contribution in [-0.4, -0.2) is 17.7 Å². The Bertz CT molecular complexity index is 601. The summed E-state index contributed by atoms with van der Waals surface area (Å²) in [5, 5.41) is 9.10. The van der Waals surface area contributed by atoms with Crippen molar-refractivity contribution >= 4 is 5.97 Å². The van der Waals surface area contributed by atoms with Gasteiger partial charge in [0.2, 0.25) is 5.76 Å². The number of hydrogen-bond acceptors (Lipinski definition) is 3. The molecule has 1 heterocycles. The Kier molecular flexibility index (Phi) is 6.07. The number of carboxylic acid groups (broad SMARTS) is 1. The Morgan fingerprint density at radius 2 is 2.00 bits per heavy atom. The number of hydrogen-bond donors (Lipinski definition) is 1. The lowest BCUT2D eigenvalue weighted by atomic mass is 10.1. The van der Waals surface area contributed by atoms with Crippen molar-refractivity contribution in [2.75, 3.05) is 6.61 Å². The van der Waals surface area contributed by atoms with Gasteiger partial charge in [-0.2, -0.15) is 0 Å². The largest absolute Gasteiger partial charge is 0.494 e. The van der Waals surface area contributed by atoms with Crippen molar-refractivity contribution in [3.63, 3.8) is 0 Å². The Hall–Kier alpha value is -2.23. The highest BCUT2D eigenvalue weighted by molar-refractivity contribution is 5.93. The summed E-state index contributed by atoms with van der Waals surface area (Å²) in [4.78, 5) is 11.1. The van der Waals surface area contributed by atoms with Crippen LogP contribution in [0.3, 0.4) is 0 Å². The molecule has 1 N–H and O–H groups in total. The van der Waals surface area contributed by atoms with Crippen LogP contribution < -0.4 is 4.74 Å². The maximum absolute atomic E-state index is 11.1. The zero-order valence-corrected chi connectivity index (χ0v) is 12.9. The SMILES string of the molecule is CCCCCCCOc1cccc(-c2ccoc2C(=O)O)c1. The molecule has 0 spiro atoms. The molecule has 4 nitrogen and oxygen atoms in total. The Labute approximate surface area is 130 Å². The van der Waals surface area contributed by atoms with Gasteiger partial charge in [-0.05, 0) is 30.2 Å². The Balaban J connectivity index is 1.95. The zero-order valence-electron chi connectivity index (χ0n) is 12.9. The lowest BCUT2D eigenvalue weighted by molar-refractivity contribution is 0.0663. The van der Waals surface area contributed by atoms with Gasteiger partial charge in [0.25, 0.3) is 0 Å². The maximum Gasteiger partial charge on any atom is 0.372 e. The Morgan fingerprint density at radius 1 is 1.18 bits per heavy atom. The van der Waals surface area contributed by atoms with Crippen molar-refractivity contribution in [2.45, 2.75) is 39.0 Å². The second kappa shape index (κ2) is 8.27. The Morgan fingerprint density at radius 3 is 2.77 bits per heavy atom. The van der Waals surface area contributed by atoms with Crippen LogP contribution in [-0.2, 0) is 0 Å². The fourth-order valence-electron chi connectivity index (χ4n) is 2.35. The fraction of sp³-hybridized carbons (Fsp3) is 0.389. The zero-order chi connectivity index (χ0) is 15.8. The first-order valence-electron chi connectivity index (χ1n) is 7.76. The predicted octanol–water partition coefficient (Wildman–Crippen LogP) is 4.99. The van der Waals surface area contributed by atoms with E-state index in [1.165, 1.54) is 31.9 Å². The van der Waals surface area contributed by atoms with Crippen molar-refractivity contribution in [2.24, 2.45) is 0 Å². The molecule has 0 radical (unpaired) electrons. The molecule has 4 heteroatoms. The minimum atomic E-state index is -1.07. The van der Waals surface area contributed by atoms with Gasteiger partial charge in [-0.1, -0.05) is 44.7 Å². The van der Waals surface area contributed by atoms with Gasteiger partial charge >= 0.3 is 5.97 Å². The van der Waals surface area contributed by atoms with E-state index >= 15 is 0 Å². The molecule has 0 fully saturated rings. The average molecular weight is 302 g/mol. The van der Waals surface area contributed by atoms with Crippen molar-refractivity contribution < 1.29 is 19.1 Å². The molecule has 118 valence electrons. The third-order valence-corrected chi connectivity index (χ3v) is 3.52. The summed E-state index contributed by atoms with van der Waals surface area (Å²) >= 11 is 0. The van der Waals surface area contributed by atoms with Gasteiger partial charge in [-0.25, -0.2) is 4.79 Å². The minimum absolute atomic E-state index is 0.0447. The van der Waals surface area contributed by atoms with Crippen LogP contribution >= 0.6 is 0 Å². The molecule has 1 aromatic carbocycles. The van der Waals surface area contributed by atoms with Gasteiger partial charge in [0.15, 0.2) is 0 Å². The minimum Gasteiger partial charge on any atom is -0.494 e. The highest BCUT2D eigenvalue weighted by Crippen LogP contribution is 2.28. The number of benzene rings is 1. The van der Waals surface area contributed by atoms with E-state index in [4.69, 9.17) is 14.3 Å². The molecule has 0 saturated carbocycles. The maximum atomic E-state index is 11.1. The van der Waals surface area contributed by atoms with Gasteiger partial charge in [-0.3, -0.25) is 0 Å². The second-order valence-electron chi connectivity index (χ2n) is 5.26. The van der Waals surface area contributed by atoms with Crippen LogP contribution in [0.4, 0.5) is 0 Å². The summed E-state index contributed by atoms with van der Waals surface area (Å²) in [7, 11) is 0. The van der Waals surface area contributed by atoms with E-state index < -0.39 is 5.97 Å². The molecular formula is C18H22O4. The predicted molar refractivity (Wildman–Crippen MR) is 85.4 cm³/mol. The normalized spacial score (nSPS) is 10.6. The number of rotatable bonds is 9. The van der Waals surface area contributed by atoms with Crippen molar-refractivity contribution in [3.8, 4) is 16.9 Å². The van der Waals surface area contributed by atoms with Gasteiger partial charge in [0.05, 0.1) is 12.9 Å². The quantitative estimate of drug-likeness (QED) is 0.663. The van der Waals surface area contributed by atoms with Crippen LogP contribution in [0, 0.1) is 0 Å². The van der Waals surface area contributed by atoms with Crippen molar-refractivity contribution in [3.05, 3.63) is 42.4 Å². The summed E-state index contributed by atoms with van der Waals surface area (Å²) in [5.74, 6) is -0.357. The molecule has 22 heavy (non-hydrogen) atoms. The molecule has 0 aliphatic carbocycles. The second-order valence-corrected chi connectivity index (χ2v) is 5.26. The molecule has 0 aliphatic heterocycles. The molecule has 0 amide bonds. The standard InChI is InChI=1S/C18H22O4/c1-2-3-4-5-6-11-21-15-9-7-8-14(13-15)16-10-12-22-17(16)18(19)20/h7-10,12-13H,2-6,11H2,1H3,(H,19,20). The molecule has 0 aliphatic rings.